The number of hydrogen-bond acceptors (Lipinski definition) is 17. The summed E-state index contributed by atoms with van der Waals surface area (Å²) >= 11 is 0. The third-order valence-corrected chi connectivity index (χ3v) is 18.0. The smallest absolute Gasteiger partial charge is 0.187 e. The fourth-order valence-electron chi connectivity index (χ4n) is 14.2. The van der Waals surface area contributed by atoms with E-state index < -0.39 is 98.7 Å². The maximum absolute atomic E-state index is 12.0. The minimum atomic E-state index is -1.71. The highest BCUT2D eigenvalue weighted by Gasteiger charge is 2.68. The number of aliphatic hydroxyl groups is 9. The highest BCUT2D eigenvalue weighted by atomic mass is 16.8. The van der Waals surface area contributed by atoms with E-state index in [1.54, 1.807) is 0 Å². The summed E-state index contributed by atoms with van der Waals surface area (Å²) < 4.78 is 43.7. The number of aliphatic hydroxyl groups excluding tert-OH is 9. The lowest BCUT2D eigenvalue weighted by molar-refractivity contribution is -0.388. The lowest BCUT2D eigenvalue weighted by Gasteiger charge is -2.59. The summed E-state index contributed by atoms with van der Waals surface area (Å²) in [7, 11) is 0. The first-order valence-electron chi connectivity index (χ1n) is 23.5. The Labute approximate surface area is 364 Å². The summed E-state index contributed by atoms with van der Waals surface area (Å²) in [5.41, 5.74) is 1.20. The predicted octanol–water partition coefficient (Wildman–Crippen LogP) is -0.213. The Kier molecular flexibility index (Phi) is 12.9. The molecule has 3 saturated carbocycles. The van der Waals surface area contributed by atoms with Crippen molar-refractivity contribution < 1.29 is 79.1 Å². The van der Waals surface area contributed by atoms with E-state index in [-0.39, 0.29) is 41.3 Å². The minimum absolute atomic E-state index is 0.0294. The van der Waals surface area contributed by atoms with Gasteiger partial charge in [0.15, 0.2) is 18.9 Å². The van der Waals surface area contributed by atoms with Crippen LogP contribution in [0.4, 0.5) is 0 Å². The lowest BCUT2D eigenvalue weighted by atomic mass is 9.47. The Hall–Kier alpha value is -0.940. The van der Waals surface area contributed by atoms with E-state index >= 15 is 0 Å². The van der Waals surface area contributed by atoms with Crippen LogP contribution in [-0.4, -0.2) is 176 Å². The molecule has 5 aliphatic heterocycles. The zero-order chi connectivity index (χ0) is 44.2. The van der Waals surface area contributed by atoms with Gasteiger partial charge < -0.3 is 79.1 Å². The Morgan fingerprint density at radius 1 is 0.694 bits per heavy atom. The van der Waals surface area contributed by atoms with Crippen LogP contribution in [-0.2, 0) is 33.2 Å². The van der Waals surface area contributed by atoms with E-state index in [0.29, 0.717) is 42.4 Å². The van der Waals surface area contributed by atoms with Crippen LogP contribution in [0.1, 0.15) is 92.4 Å². The first-order chi connectivity index (χ1) is 29.4. The first kappa shape index (κ1) is 46.2. The van der Waals surface area contributed by atoms with Crippen LogP contribution in [0.2, 0.25) is 0 Å². The van der Waals surface area contributed by atoms with Crippen LogP contribution in [0.5, 0.6) is 0 Å². The molecule has 17 heteroatoms. The van der Waals surface area contributed by atoms with Gasteiger partial charge in [-0.15, -0.1) is 0 Å². The van der Waals surface area contributed by atoms with Crippen molar-refractivity contribution in [3.05, 3.63) is 11.6 Å². The molecule has 62 heavy (non-hydrogen) atoms. The fraction of sp³-hybridized carbons (Fsp3) is 0.956. The molecule has 17 nitrogen and oxygen atoms in total. The molecule has 0 aromatic rings. The molecular formula is C45H73NO16. The molecule has 0 bridgehead atoms. The van der Waals surface area contributed by atoms with Crippen molar-refractivity contribution in [2.75, 3.05) is 19.8 Å². The topological polar surface area (TPSA) is 259 Å². The van der Waals surface area contributed by atoms with Crippen LogP contribution >= 0.6 is 0 Å². The minimum Gasteiger partial charge on any atom is -0.396 e. The zero-order valence-corrected chi connectivity index (χ0v) is 36.7. The van der Waals surface area contributed by atoms with Crippen molar-refractivity contribution in [2.24, 2.45) is 46.3 Å². The molecule has 8 fully saturated rings. The van der Waals surface area contributed by atoms with E-state index in [9.17, 15) is 46.0 Å². The Balaban J connectivity index is 0.911. The molecule has 0 radical (unpaired) electrons. The second-order valence-electron chi connectivity index (χ2n) is 21.1. The average molecular weight is 884 g/mol. The van der Waals surface area contributed by atoms with Gasteiger partial charge in [-0.2, -0.15) is 0 Å². The normalized spacial score (nSPS) is 57.6. The lowest BCUT2D eigenvalue weighted by Crippen LogP contribution is -2.66. The standard InChI is InChI=1S/C45H73NO16/c1-19-30-28(62-45(19)13-8-22(17-47)16-46-45)15-27-25-7-6-23-14-24(9-11-43(23,4)26(25)10-12-44(27,30)5)58-42-39(61-41-36(54)34(52)32(50)21(3)57-41)37(55)38(29(18-48)59-42)60-40-35(53)33(51)31(49)20(2)56-40/h6,19-22,24-42,46-55H,7-18H2,1-5H3/t19-,20-,21-,22+,24-,25-,26-,27-,28-,29+,30-,31-,32-,33+,34+,35+,36+,37-,38+,39+,40-,41-,42+,43-,44-,45+/m0/s1. The molecule has 26 atom stereocenters. The molecule has 0 aromatic carbocycles. The molecule has 4 aliphatic carbocycles. The van der Waals surface area contributed by atoms with Crippen molar-refractivity contribution in [1.29, 1.82) is 0 Å². The molecule has 10 N–H and O–H groups in total. The van der Waals surface area contributed by atoms with Crippen LogP contribution in [0, 0.1) is 46.3 Å². The molecule has 0 aromatic heterocycles. The van der Waals surface area contributed by atoms with Gasteiger partial charge >= 0.3 is 0 Å². The summed E-state index contributed by atoms with van der Waals surface area (Å²) in [5, 5.41) is 99.5. The predicted molar refractivity (Wildman–Crippen MR) is 216 cm³/mol. The summed E-state index contributed by atoms with van der Waals surface area (Å²) in [5.74, 6) is 2.79. The molecule has 0 unspecified atom stereocenters. The van der Waals surface area contributed by atoms with E-state index in [1.807, 2.05) is 0 Å². The molecule has 5 heterocycles. The van der Waals surface area contributed by atoms with E-state index in [2.05, 4.69) is 32.2 Å². The summed E-state index contributed by atoms with van der Waals surface area (Å²) in [4.78, 5) is 0. The maximum Gasteiger partial charge on any atom is 0.187 e. The number of ether oxygens (including phenoxy) is 7. The van der Waals surface area contributed by atoms with Gasteiger partial charge in [0.25, 0.3) is 0 Å². The Bertz CT molecular complexity index is 1620. The molecule has 1 spiro atoms. The van der Waals surface area contributed by atoms with Crippen LogP contribution < -0.4 is 5.32 Å². The second kappa shape index (κ2) is 17.3. The number of allylic oxidation sites excluding steroid dienone is 1. The van der Waals surface area contributed by atoms with Gasteiger partial charge in [-0.1, -0.05) is 32.4 Å². The highest BCUT2D eigenvalue weighted by molar-refractivity contribution is 5.26. The fourth-order valence-corrected chi connectivity index (χ4v) is 14.2. The first-order valence-corrected chi connectivity index (χ1v) is 23.5. The third kappa shape index (κ3) is 7.49. The van der Waals surface area contributed by atoms with Crippen molar-refractivity contribution >= 4 is 0 Å². The van der Waals surface area contributed by atoms with E-state index in [1.165, 1.54) is 19.4 Å². The summed E-state index contributed by atoms with van der Waals surface area (Å²) in [6, 6.07) is 0. The van der Waals surface area contributed by atoms with Gasteiger partial charge in [0.1, 0.15) is 66.8 Å². The Morgan fingerprint density at radius 2 is 1.35 bits per heavy atom. The van der Waals surface area contributed by atoms with Crippen molar-refractivity contribution in [1.82, 2.24) is 5.32 Å². The largest absolute Gasteiger partial charge is 0.396 e. The SMILES string of the molecule is C[C@@H]1O[C@@H](O[C@H]2[C@H](O[C@H]3CC[C@@]4(C)C(=CC[C@@H]5[C@@H]6C[C@@H]7O[C@]8(CC[C@@H](CO)CN8)[C@@H](C)[C@@H]7[C@@]6(C)CC[C@@H]54)C3)O[C@H](CO)[C@@H](O[C@@H]3O[C@@H](C)[C@H](O)[C@@H](O)[C@H]3O)[C@@H]2O)[C@H](O)[C@H](O)[C@H]1O. The average Bonchev–Trinajstić information content (AvgIpc) is 3.70. The zero-order valence-electron chi connectivity index (χ0n) is 36.7. The van der Waals surface area contributed by atoms with Gasteiger partial charge in [-0.3, -0.25) is 5.32 Å². The van der Waals surface area contributed by atoms with Crippen LogP contribution in [0.3, 0.4) is 0 Å². The number of fused-ring (bicyclic) bond motifs is 7. The number of rotatable bonds is 8. The third-order valence-electron chi connectivity index (χ3n) is 18.0. The van der Waals surface area contributed by atoms with Gasteiger partial charge in [-0.25, -0.2) is 0 Å². The number of nitrogens with one attached hydrogen (secondary N) is 1. The molecule has 9 rings (SSSR count). The maximum atomic E-state index is 12.0. The van der Waals surface area contributed by atoms with Crippen LogP contribution in [0.25, 0.3) is 0 Å². The second-order valence-corrected chi connectivity index (χ2v) is 21.1. The van der Waals surface area contributed by atoms with Gasteiger partial charge in [-0.05, 0) is 112 Å². The highest BCUT2D eigenvalue weighted by Crippen LogP contribution is 2.70. The number of piperidine rings is 1. The van der Waals surface area contributed by atoms with E-state index in [4.69, 9.17) is 33.2 Å². The van der Waals surface area contributed by atoms with Crippen LogP contribution in [0.15, 0.2) is 11.6 Å². The molecule has 0 amide bonds. The summed E-state index contributed by atoms with van der Waals surface area (Å²) in [6.07, 6.45) is -10.7. The molecule has 5 saturated heterocycles. The summed E-state index contributed by atoms with van der Waals surface area (Å²) in [6.45, 7) is 10.7. The Morgan fingerprint density at radius 3 is 1.97 bits per heavy atom. The van der Waals surface area contributed by atoms with Crippen molar-refractivity contribution in [2.45, 2.75) is 202 Å². The van der Waals surface area contributed by atoms with E-state index in [0.717, 1.165) is 51.5 Å². The quantitative estimate of drug-likeness (QED) is 0.142. The van der Waals surface area contributed by atoms with Crippen molar-refractivity contribution in [3.63, 3.8) is 0 Å². The molecule has 9 aliphatic rings. The van der Waals surface area contributed by atoms with Crippen molar-refractivity contribution in [3.8, 4) is 0 Å². The monoisotopic (exact) mass is 883 g/mol. The van der Waals surface area contributed by atoms with Gasteiger partial charge in [0.05, 0.1) is 31.0 Å². The number of hydrogen-bond donors (Lipinski definition) is 10. The molecular weight excluding hydrogens is 810 g/mol. The van der Waals surface area contributed by atoms with Gasteiger partial charge in [0.2, 0.25) is 0 Å². The van der Waals surface area contributed by atoms with Gasteiger partial charge in [0, 0.05) is 19.1 Å². The molecule has 354 valence electrons.